The lowest BCUT2D eigenvalue weighted by molar-refractivity contribution is -0.141. The number of aryl methyl sites for hydroxylation is 2. The molecule has 1 aliphatic rings. The van der Waals surface area contributed by atoms with E-state index in [2.05, 4.69) is 4.98 Å². The molecule has 0 radical (unpaired) electrons. The van der Waals surface area contributed by atoms with Crippen LogP contribution in [-0.4, -0.2) is 16.1 Å². The van der Waals surface area contributed by atoms with E-state index >= 15 is 0 Å². The zero-order chi connectivity index (χ0) is 11.0. The van der Waals surface area contributed by atoms with Gasteiger partial charge in [0, 0.05) is 11.4 Å². The number of carboxylic acid groups (broad SMARTS) is 1. The first-order valence-corrected chi connectivity index (χ1v) is 5.51. The van der Waals surface area contributed by atoms with E-state index in [1.54, 1.807) is 6.92 Å². The Balaban J connectivity index is 2.24. The summed E-state index contributed by atoms with van der Waals surface area (Å²) in [5.74, 6) is -0.994. The number of H-pyrrole nitrogens is 1. The van der Waals surface area contributed by atoms with Crippen LogP contribution in [0.4, 0.5) is 0 Å². The Kier molecular flexibility index (Phi) is 2.55. The number of hydrogen-bond acceptors (Lipinski definition) is 1. The molecule has 3 heteroatoms. The zero-order valence-corrected chi connectivity index (χ0v) is 9.26. The van der Waals surface area contributed by atoms with Crippen molar-refractivity contribution in [2.75, 3.05) is 0 Å². The van der Waals surface area contributed by atoms with Gasteiger partial charge in [0.15, 0.2) is 0 Å². The van der Waals surface area contributed by atoms with E-state index < -0.39 is 5.97 Å². The van der Waals surface area contributed by atoms with Crippen LogP contribution in [-0.2, 0) is 24.1 Å². The van der Waals surface area contributed by atoms with Crippen molar-refractivity contribution in [2.45, 2.75) is 39.5 Å². The maximum atomic E-state index is 10.8. The third kappa shape index (κ3) is 1.78. The molecular weight excluding hydrogens is 190 g/mol. The fraction of sp³-hybridized carbons (Fsp3) is 0.583. The van der Waals surface area contributed by atoms with Crippen LogP contribution in [0.1, 0.15) is 35.9 Å². The minimum Gasteiger partial charge on any atom is -0.481 e. The Morgan fingerprint density at radius 3 is 2.93 bits per heavy atom. The van der Waals surface area contributed by atoms with Gasteiger partial charge in [0.2, 0.25) is 0 Å². The Morgan fingerprint density at radius 2 is 2.27 bits per heavy atom. The normalized spacial score (nSPS) is 16.4. The number of hydrogen-bond donors (Lipinski definition) is 2. The van der Waals surface area contributed by atoms with Gasteiger partial charge in [-0.25, -0.2) is 0 Å². The van der Waals surface area contributed by atoms with Crippen LogP contribution in [0.3, 0.4) is 0 Å². The molecule has 2 N–H and O–H groups in total. The quantitative estimate of drug-likeness (QED) is 0.797. The maximum absolute atomic E-state index is 10.8. The van der Waals surface area contributed by atoms with E-state index in [1.807, 2.05) is 6.92 Å². The Morgan fingerprint density at radius 1 is 1.53 bits per heavy atom. The number of carboxylic acids is 1. The first-order valence-electron chi connectivity index (χ1n) is 5.51. The van der Waals surface area contributed by atoms with Gasteiger partial charge in [0.25, 0.3) is 0 Å². The number of aromatic nitrogens is 1. The van der Waals surface area contributed by atoms with Crippen molar-refractivity contribution in [2.24, 2.45) is 5.92 Å². The van der Waals surface area contributed by atoms with Crippen LogP contribution < -0.4 is 0 Å². The molecule has 1 atom stereocenters. The molecule has 0 spiro atoms. The number of carbonyl (C=O) groups is 1. The third-order valence-corrected chi connectivity index (χ3v) is 3.31. The van der Waals surface area contributed by atoms with E-state index in [1.165, 1.54) is 23.2 Å². The summed E-state index contributed by atoms with van der Waals surface area (Å²) in [6, 6.07) is 0. The lowest BCUT2D eigenvalue weighted by Gasteiger charge is -2.07. The van der Waals surface area contributed by atoms with Crippen LogP contribution in [0.2, 0.25) is 0 Å². The SMILES string of the molecule is Cc1[nH]c2c(c1CC(C)C(=O)O)CCC2. The monoisotopic (exact) mass is 207 g/mol. The van der Waals surface area contributed by atoms with Crippen LogP contribution in [0.25, 0.3) is 0 Å². The second-order valence-corrected chi connectivity index (χ2v) is 4.48. The summed E-state index contributed by atoms with van der Waals surface area (Å²) in [6.45, 7) is 3.82. The molecule has 0 amide bonds. The topological polar surface area (TPSA) is 53.1 Å². The smallest absolute Gasteiger partial charge is 0.306 e. The average Bonchev–Trinajstić information content (AvgIpc) is 2.69. The number of nitrogens with one attached hydrogen (secondary N) is 1. The van der Waals surface area contributed by atoms with Crippen molar-refractivity contribution in [1.82, 2.24) is 4.98 Å². The van der Waals surface area contributed by atoms with Gasteiger partial charge in [-0.2, -0.15) is 0 Å². The molecule has 1 aromatic rings. The highest BCUT2D eigenvalue weighted by atomic mass is 16.4. The van der Waals surface area contributed by atoms with Gasteiger partial charge in [-0.15, -0.1) is 0 Å². The molecular formula is C12H17NO2. The molecule has 0 aliphatic heterocycles. The van der Waals surface area contributed by atoms with Crippen molar-refractivity contribution < 1.29 is 9.90 Å². The fourth-order valence-corrected chi connectivity index (χ4v) is 2.41. The van der Waals surface area contributed by atoms with Crippen molar-refractivity contribution in [3.63, 3.8) is 0 Å². The minimum atomic E-state index is -0.706. The van der Waals surface area contributed by atoms with Gasteiger partial charge < -0.3 is 10.1 Å². The minimum absolute atomic E-state index is 0.288. The van der Waals surface area contributed by atoms with Gasteiger partial charge >= 0.3 is 5.97 Å². The summed E-state index contributed by atoms with van der Waals surface area (Å²) in [5, 5.41) is 8.91. The van der Waals surface area contributed by atoms with Crippen molar-refractivity contribution in [3.05, 3.63) is 22.5 Å². The van der Waals surface area contributed by atoms with Crippen LogP contribution in [0.5, 0.6) is 0 Å². The average molecular weight is 207 g/mol. The summed E-state index contributed by atoms with van der Waals surface area (Å²) in [7, 11) is 0. The van der Waals surface area contributed by atoms with Crippen LogP contribution >= 0.6 is 0 Å². The fourth-order valence-electron chi connectivity index (χ4n) is 2.41. The Labute approximate surface area is 89.5 Å². The Bertz CT molecular complexity index is 393. The summed E-state index contributed by atoms with van der Waals surface area (Å²) in [5.41, 5.74) is 5.13. The molecule has 0 fully saturated rings. The lowest BCUT2D eigenvalue weighted by Crippen LogP contribution is -2.13. The highest BCUT2D eigenvalue weighted by Gasteiger charge is 2.22. The summed E-state index contributed by atoms with van der Waals surface area (Å²) in [4.78, 5) is 14.2. The Hall–Kier alpha value is -1.25. The first kappa shape index (κ1) is 10.3. The standard InChI is InChI=1S/C12H17NO2/c1-7(12(14)15)6-10-8(2)13-11-5-3-4-9(10)11/h7,13H,3-6H2,1-2H3,(H,14,15). The highest BCUT2D eigenvalue weighted by molar-refractivity contribution is 5.70. The van der Waals surface area contributed by atoms with E-state index in [0.717, 1.165) is 18.5 Å². The molecule has 3 nitrogen and oxygen atoms in total. The van der Waals surface area contributed by atoms with E-state index in [9.17, 15) is 4.79 Å². The molecule has 1 aromatic heterocycles. The summed E-state index contributed by atoms with van der Waals surface area (Å²) < 4.78 is 0. The van der Waals surface area contributed by atoms with Crippen molar-refractivity contribution >= 4 is 5.97 Å². The molecule has 0 saturated heterocycles. The number of fused-ring (bicyclic) bond motifs is 1. The predicted octanol–water partition coefficient (Wildman–Crippen LogP) is 2.08. The summed E-state index contributed by atoms with van der Waals surface area (Å²) >= 11 is 0. The van der Waals surface area contributed by atoms with E-state index in [0.29, 0.717) is 6.42 Å². The molecule has 0 bridgehead atoms. The molecule has 1 unspecified atom stereocenters. The number of aliphatic carboxylic acids is 1. The van der Waals surface area contributed by atoms with Gasteiger partial charge in [0.1, 0.15) is 0 Å². The van der Waals surface area contributed by atoms with Gasteiger partial charge in [-0.05, 0) is 43.7 Å². The van der Waals surface area contributed by atoms with Gasteiger partial charge in [-0.1, -0.05) is 6.92 Å². The second kappa shape index (κ2) is 3.72. The predicted molar refractivity (Wildman–Crippen MR) is 58.1 cm³/mol. The van der Waals surface area contributed by atoms with Crippen molar-refractivity contribution in [3.8, 4) is 0 Å². The number of aromatic amines is 1. The highest BCUT2D eigenvalue weighted by Crippen LogP contribution is 2.29. The molecule has 2 rings (SSSR count). The maximum Gasteiger partial charge on any atom is 0.306 e. The van der Waals surface area contributed by atoms with Gasteiger partial charge in [0.05, 0.1) is 5.92 Å². The second-order valence-electron chi connectivity index (χ2n) is 4.48. The number of rotatable bonds is 3. The zero-order valence-electron chi connectivity index (χ0n) is 9.26. The van der Waals surface area contributed by atoms with Crippen molar-refractivity contribution in [1.29, 1.82) is 0 Å². The molecule has 15 heavy (non-hydrogen) atoms. The molecule has 1 heterocycles. The van der Waals surface area contributed by atoms with E-state index in [4.69, 9.17) is 5.11 Å². The lowest BCUT2D eigenvalue weighted by atomic mass is 9.97. The van der Waals surface area contributed by atoms with Crippen LogP contribution in [0, 0.1) is 12.8 Å². The first-order chi connectivity index (χ1) is 7.09. The molecule has 1 aliphatic carbocycles. The molecule has 0 aromatic carbocycles. The molecule has 0 saturated carbocycles. The largest absolute Gasteiger partial charge is 0.481 e. The molecule has 82 valence electrons. The third-order valence-electron chi connectivity index (χ3n) is 3.31. The summed E-state index contributed by atoms with van der Waals surface area (Å²) in [6.07, 6.45) is 4.10. The van der Waals surface area contributed by atoms with E-state index in [-0.39, 0.29) is 5.92 Å². The van der Waals surface area contributed by atoms with Crippen LogP contribution in [0.15, 0.2) is 0 Å². The van der Waals surface area contributed by atoms with Gasteiger partial charge in [-0.3, -0.25) is 4.79 Å².